The van der Waals surface area contributed by atoms with E-state index in [9.17, 15) is 0 Å². The summed E-state index contributed by atoms with van der Waals surface area (Å²) in [7, 11) is 3.19. The van der Waals surface area contributed by atoms with Crippen molar-refractivity contribution in [2.45, 2.75) is 0 Å². The summed E-state index contributed by atoms with van der Waals surface area (Å²) in [6.07, 6.45) is 3.11. The van der Waals surface area contributed by atoms with Crippen LogP contribution >= 0.6 is 15.9 Å². The number of nitrogens with two attached hydrogens (primary N) is 1. The zero-order chi connectivity index (χ0) is 13.1. The smallest absolute Gasteiger partial charge is 0.146 e. The van der Waals surface area contributed by atoms with Gasteiger partial charge in [-0.05, 0) is 28.1 Å². The number of halogens is 1. The standard InChI is InChI=1S/C12H12BrN3O2/c1-17-9-4-3-7(12(18-2)11(9)13)8-5-16-10(14)6-15-8/h3-6H,1-2H3,(H2,14,16). The van der Waals surface area contributed by atoms with Crippen molar-refractivity contribution >= 4 is 21.7 Å². The molecule has 2 aromatic rings. The maximum Gasteiger partial charge on any atom is 0.146 e. The van der Waals surface area contributed by atoms with Crippen molar-refractivity contribution in [1.82, 2.24) is 9.97 Å². The van der Waals surface area contributed by atoms with Crippen LogP contribution in [-0.2, 0) is 0 Å². The molecule has 0 amide bonds. The van der Waals surface area contributed by atoms with Gasteiger partial charge >= 0.3 is 0 Å². The largest absolute Gasteiger partial charge is 0.495 e. The van der Waals surface area contributed by atoms with Crippen molar-refractivity contribution in [3.63, 3.8) is 0 Å². The normalized spacial score (nSPS) is 10.2. The molecule has 0 aliphatic rings. The number of rotatable bonds is 3. The summed E-state index contributed by atoms with van der Waals surface area (Å²) >= 11 is 3.44. The maximum absolute atomic E-state index is 5.52. The van der Waals surface area contributed by atoms with E-state index < -0.39 is 0 Å². The molecule has 2 N–H and O–H groups in total. The van der Waals surface area contributed by atoms with Gasteiger partial charge in [0, 0.05) is 5.56 Å². The molecule has 2 rings (SSSR count). The van der Waals surface area contributed by atoms with Crippen molar-refractivity contribution in [2.24, 2.45) is 0 Å². The van der Waals surface area contributed by atoms with E-state index in [0.29, 0.717) is 23.0 Å². The Morgan fingerprint density at radius 1 is 1.11 bits per heavy atom. The van der Waals surface area contributed by atoms with Crippen molar-refractivity contribution in [2.75, 3.05) is 20.0 Å². The third-order valence-corrected chi connectivity index (χ3v) is 3.18. The molecule has 0 unspecified atom stereocenters. The van der Waals surface area contributed by atoms with Gasteiger partial charge in [-0.25, -0.2) is 4.98 Å². The van der Waals surface area contributed by atoms with Gasteiger partial charge in [0.15, 0.2) is 0 Å². The molecule has 0 aliphatic heterocycles. The number of nitrogens with zero attached hydrogens (tertiary/aromatic N) is 2. The lowest BCUT2D eigenvalue weighted by atomic mass is 10.1. The average molecular weight is 310 g/mol. The van der Waals surface area contributed by atoms with Crippen LogP contribution in [-0.4, -0.2) is 24.2 Å². The van der Waals surface area contributed by atoms with Crippen molar-refractivity contribution in [3.05, 3.63) is 29.0 Å². The number of aromatic nitrogens is 2. The van der Waals surface area contributed by atoms with E-state index in [0.717, 1.165) is 10.0 Å². The van der Waals surface area contributed by atoms with Gasteiger partial charge in [-0.15, -0.1) is 0 Å². The van der Waals surface area contributed by atoms with Crippen LogP contribution in [0.3, 0.4) is 0 Å². The average Bonchev–Trinajstić information content (AvgIpc) is 2.39. The zero-order valence-electron chi connectivity index (χ0n) is 9.98. The van der Waals surface area contributed by atoms with Crippen molar-refractivity contribution in [1.29, 1.82) is 0 Å². The molecule has 5 nitrogen and oxygen atoms in total. The third kappa shape index (κ3) is 2.24. The number of hydrogen-bond donors (Lipinski definition) is 1. The minimum absolute atomic E-state index is 0.380. The van der Waals surface area contributed by atoms with Gasteiger partial charge in [-0.1, -0.05) is 0 Å². The molecule has 0 radical (unpaired) electrons. The lowest BCUT2D eigenvalue weighted by Crippen LogP contribution is -1.96. The van der Waals surface area contributed by atoms with E-state index in [1.54, 1.807) is 20.4 Å². The second kappa shape index (κ2) is 5.22. The van der Waals surface area contributed by atoms with Gasteiger partial charge < -0.3 is 15.2 Å². The monoisotopic (exact) mass is 309 g/mol. The molecule has 0 bridgehead atoms. The molecule has 1 aromatic heterocycles. The Morgan fingerprint density at radius 3 is 2.44 bits per heavy atom. The molecule has 0 saturated heterocycles. The lowest BCUT2D eigenvalue weighted by Gasteiger charge is -2.12. The highest BCUT2D eigenvalue weighted by molar-refractivity contribution is 9.10. The minimum Gasteiger partial charge on any atom is -0.495 e. The molecule has 18 heavy (non-hydrogen) atoms. The number of ether oxygens (including phenoxy) is 2. The van der Waals surface area contributed by atoms with E-state index in [1.165, 1.54) is 6.20 Å². The minimum atomic E-state index is 0.380. The van der Waals surface area contributed by atoms with Crippen LogP contribution in [0.1, 0.15) is 0 Å². The predicted molar refractivity (Wildman–Crippen MR) is 72.7 cm³/mol. The highest BCUT2D eigenvalue weighted by Crippen LogP contribution is 2.41. The first-order valence-corrected chi connectivity index (χ1v) is 5.95. The van der Waals surface area contributed by atoms with Gasteiger partial charge in [0.25, 0.3) is 0 Å². The second-order valence-electron chi connectivity index (χ2n) is 3.49. The fourth-order valence-corrected chi connectivity index (χ4v) is 2.24. The molecular formula is C12H12BrN3O2. The summed E-state index contributed by atoms with van der Waals surface area (Å²) < 4.78 is 11.3. The Labute approximate surface area is 113 Å². The van der Waals surface area contributed by atoms with E-state index in [1.807, 2.05) is 12.1 Å². The predicted octanol–water partition coefficient (Wildman–Crippen LogP) is 2.51. The molecule has 0 saturated carbocycles. The van der Waals surface area contributed by atoms with Crippen LogP contribution in [0, 0.1) is 0 Å². The van der Waals surface area contributed by atoms with Crippen LogP contribution in [0.5, 0.6) is 11.5 Å². The van der Waals surface area contributed by atoms with Crippen molar-refractivity contribution in [3.8, 4) is 22.8 Å². The first-order valence-electron chi connectivity index (χ1n) is 5.15. The number of benzene rings is 1. The molecule has 0 fully saturated rings. The molecule has 1 heterocycles. The number of hydrogen-bond acceptors (Lipinski definition) is 5. The van der Waals surface area contributed by atoms with Gasteiger partial charge in [0.2, 0.25) is 0 Å². The number of methoxy groups -OCH3 is 2. The summed E-state index contributed by atoms with van der Waals surface area (Å²) in [5.74, 6) is 1.72. The number of anilines is 1. The van der Waals surface area contributed by atoms with E-state index in [-0.39, 0.29) is 0 Å². The highest BCUT2D eigenvalue weighted by atomic mass is 79.9. The second-order valence-corrected chi connectivity index (χ2v) is 4.28. The van der Waals surface area contributed by atoms with Crippen LogP contribution in [0.25, 0.3) is 11.3 Å². The fraction of sp³-hybridized carbons (Fsp3) is 0.167. The van der Waals surface area contributed by atoms with Gasteiger partial charge in [-0.2, -0.15) is 0 Å². The summed E-state index contributed by atoms with van der Waals surface area (Å²) in [6.45, 7) is 0. The highest BCUT2D eigenvalue weighted by Gasteiger charge is 2.15. The topological polar surface area (TPSA) is 70.3 Å². The molecule has 0 atom stereocenters. The van der Waals surface area contributed by atoms with E-state index in [2.05, 4.69) is 25.9 Å². The maximum atomic E-state index is 5.52. The molecule has 0 aliphatic carbocycles. The lowest BCUT2D eigenvalue weighted by molar-refractivity contribution is 0.390. The zero-order valence-corrected chi connectivity index (χ0v) is 11.6. The van der Waals surface area contributed by atoms with Crippen LogP contribution in [0.2, 0.25) is 0 Å². The van der Waals surface area contributed by atoms with E-state index >= 15 is 0 Å². The van der Waals surface area contributed by atoms with Crippen LogP contribution in [0.4, 0.5) is 5.82 Å². The molecular weight excluding hydrogens is 298 g/mol. The van der Waals surface area contributed by atoms with Crippen molar-refractivity contribution < 1.29 is 9.47 Å². The Bertz CT molecular complexity index is 558. The van der Waals surface area contributed by atoms with Gasteiger partial charge in [0.1, 0.15) is 21.8 Å². The summed E-state index contributed by atoms with van der Waals surface area (Å²) in [5.41, 5.74) is 7.02. The molecule has 94 valence electrons. The number of nitrogen functional groups attached to an aromatic ring is 1. The first-order chi connectivity index (χ1) is 8.67. The molecule has 6 heteroatoms. The quantitative estimate of drug-likeness (QED) is 0.943. The van der Waals surface area contributed by atoms with Gasteiger partial charge in [0.05, 0.1) is 32.3 Å². The Balaban J connectivity index is 2.57. The Kier molecular flexibility index (Phi) is 3.66. The summed E-state index contributed by atoms with van der Waals surface area (Å²) in [6, 6.07) is 3.70. The molecule has 0 spiro atoms. The first kappa shape index (κ1) is 12.6. The Hall–Kier alpha value is -1.82. The SMILES string of the molecule is COc1ccc(-c2cnc(N)cn2)c(OC)c1Br. The third-order valence-electron chi connectivity index (χ3n) is 2.43. The summed E-state index contributed by atoms with van der Waals surface area (Å²) in [5, 5.41) is 0. The molecule has 1 aromatic carbocycles. The summed E-state index contributed by atoms with van der Waals surface area (Å²) in [4.78, 5) is 8.24. The van der Waals surface area contributed by atoms with Crippen LogP contribution in [0.15, 0.2) is 29.0 Å². The fourth-order valence-electron chi connectivity index (χ4n) is 1.57. The van der Waals surface area contributed by atoms with Crippen LogP contribution < -0.4 is 15.2 Å². The Morgan fingerprint density at radius 2 is 1.89 bits per heavy atom. The van der Waals surface area contributed by atoms with Gasteiger partial charge in [-0.3, -0.25) is 4.98 Å². The van der Waals surface area contributed by atoms with E-state index in [4.69, 9.17) is 15.2 Å².